The summed E-state index contributed by atoms with van der Waals surface area (Å²) < 4.78 is 0. The molecule has 1 saturated carbocycles. The summed E-state index contributed by atoms with van der Waals surface area (Å²) in [7, 11) is 0. The van der Waals surface area contributed by atoms with Gasteiger partial charge in [0.25, 0.3) is 0 Å². The molecule has 0 saturated heterocycles. The van der Waals surface area contributed by atoms with Crippen molar-refractivity contribution < 1.29 is 0 Å². The van der Waals surface area contributed by atoms with E-state index >= 15 is 0 Å². The molecule has 1 fully saturated rings. The second-order valence-corrected chi connectivity index (χ2v) is 6.97. The average Bonchev–Trinajstić information content (AvgIpc) is 2.13. The van der Waals surface area contributed by atoms with E-state index < -0.39 is 0 Å². The highest BCUT2D eigenvalue weighted by molar-refractivity contribution is 5.34. The minimum atomic E-state index is 0.425. The van der Waals surface area contributed by atoms with Gasteiger partial charge in [0.2, 0.25) is 0 Å². The lowest BCUT2D eigenvalue weighted by Crippen LogP contribution is -2.40. The Morgan fingerprint density at radius 3 is 2.29 bits per heavy atom. The van der Waals surface area contributed by atoms with Gasteiger partial charge in [0, 0.05) is 12.2 Å². The molecule has 0 aromatic carbocycles. The van der Waals surface area contributed by atoms with E-state index in [-0.39, 0.29) is 0 Å². The van der Waals surface area contributed by atoms with E-state index in [9.17, 15) is 0 Å². The first kappa shape index (κ1) is 12.4. The van der Waals surface area contributed by atoms with E-state index in [2.05, 4.69) is 44.1 Å². The second-order valence-electron chi connectivity index (χ2n) is 6.97. The molecule has 0 spiro atoms. The smallest absolute Gasteiger partial charge is 0.126 e. The number of pyridine rings is 1. The third-order valence-corrected chi connectivity index (χ3v) is 3.57. The van der Waals surface area contributed by atoms with Crippen LogP contribution < -0.4 is 5.32 Å². The van der Waals surface area contributed by atoms with Crippen molar-refractivity contribution in [2.75, 3.05) is 5.32 Å². The molecule has 0 bridgehead atoms. The quantitative estimate of drug-likeness (QED) is 0.830. The molecule has 0 unspecified atom stereocenters. The molecule has 0 aliphatic heterocycles. The van der Waals surface area contributed by atoms with Crippen LogP contribution >= 0.6 is 0 Å². The molecule has 94 valence electrons. The van der Waals surface area contributed by atoms with Gasteiger partial charge in [0.05, 0.1) is 0 Å². The van der Waals surface area contributed by atoms with Gasteiger partial charge in [-0.1, -0.05) is 33.8 Å². The molecule has 1 aliphatic rings. The van der Waals surface area contributed by atoms with E-state index in [4.69, 9.17) is 0 Å². The average molecular weight is 232 g/mol. The third kappa shape index (κ3) is 3.45. The molecule has 2 nitrogen and oxygen atoms in total. The SMILES string of the molecule is CC1(C)CC(Nc2ccccn2)CC(C)(C)C1. The Morgan fingerprint density at radius 2 is 1.76 bits per heavy atom. The van der Waals surface area contributed by atoms with Gasteiger partial charge >= 0.3 is 0 Å². The number of nitrogens with zero attached hydrogens (tertiary/aromatic N) is 1. The van der Waals surface area contributed by atoms with Gasteiger partial charge in [-0.05, 0) is 42.2 Å². The highest BCUT2D eigenvalue weighted by atomic mass is 15.0. The van der Waals surface area contributed by atoms with E-state index in [0.717, 1.165) is 5.82 Å². The predicted molar refractivity (Wildman–Crippen MR) is 73.1 cm³/mol. The molecule has 2 heteroatoms. The van der Waals surface area contributed by atoms with Crippen molar-refractivity contribution in [3.8, 4) is 0 Å². The van der Waals surface area contributed by atoms with Crippen LogP contribution in [0.25, 0.3) is 0 Å². The van der Waals surface area contributed by atoms with Gasteiger partial charge < -0.3 is 5.32 Å². The zero-order valence-corrected chi connectivity index (χ0v) is 11.5. The lowest BCUT2D eigenvalue weighted by atomic mass is 9.63. The highest BCUT2D eigenvalue weighted by Gasteiger charge is 2.38. The lowest BCUT2D eigenvalue weighted by molar-refractivity contribution is 0.105. The number of rotatable bonds is 2. The topological polar surface area (TPSA) is 24.9 Å². The maximum atomic E-state index is 4.36. The normalized spacial score (nSPS) is 23.3. The second kappa shape index (κ2) is 4.32. The predicted octanol–water partition coefficient (Wildman–Crippen LogP) is 4.10. The van der Waals surface area contributed by atoms with Crippen molar-refractivity contribution in [3.63, 3.8) is 0 Å². The molecule has 1 heterocycles. The number of nitrogens with one attached hydrogen (secondary N) is 1. The van der Waals surface area contributed by atoms with Crippen molar-refractivity contribution in [1.82, 2.24) is 4.98 Å². The van der Waals surface area contributed by atoms with Crippen molar-refractivity contribution >= 4 is 5.82 Å². The van der Waals surface area contributed by atoms with Gasteiger partial charge in [0.1, 0.15) is 5.82 Å². The summed E-state index contributed by atoms with van der Waals surface area (Å²) in [5, 5.41) is 3.58. The summed E-state index contributed by atoms with van der Waals surface area (Å²) >= 11 is 0. The monoisotopic (exact) mass is 232 g/mol. The fourth-order valence-electron chi connectivity index (χ4n) is 3.61. The Balaban J connectivity index is 2.06. The molecule has 1 aliphatic carbocycles. The third-order valence-electron chi connectivity index (χ3n) is 3.57. The number of hydrogen-bond donors (Lipinski definition) is 1. The largest absolute Gasteiger partial charge is 0.367 e. The lowest BCUT2D eigenvalue weighted by Gasteiger charge is -2.45. The molecular weight excluding hydrogens is 208 g/mol. The molecule has 2 rings (SSSR count). The van der Waals surface area contributed by atoms with Gasteiger partial charge in [-0.3, -0.25) is 0 Å². The Kier molecular flexibility index (Phi) is 3.15. The number of aromatic nitrogens is 1. The van der Waals surface area contributed by atoms with Crippen LogP contribution in [0.4, 0.5) is 5.82 Å². The zero-order chi connectivity index (χ0) is 12.5. The number of hydrogen-bond acceptors (Lipinski definition) is 2. The highest BCUT2D eigenvalue weighted by Crippen LogP contribution is 2.46. The Bertz CT molecular complexity index is 352. The van der Waals surface area contributed by atoms with E-state index in [1.54, 1.807) is 0 Å². The Labute approximate surface area is 105 Å². The Morgan fingerprint density at radius 1 is 1.12 bits per heavy atom. The molecule has 17 heavy (non-hydrogen) atoms. The van der Waals surface area contributed by atoms with Crippen LogP contribution in [0.5, 0.6) is 0 Å². The molecule has 0 radical (unpaired) electrons. The van der Waals surface area contributed by atoms with Crippen LogP contribution in [0.3, 0.4) is 0 Å². The van der Waals surface area contributed by atoms with Crippen LogP contribution in [0.15, 0.2) is 24.4 Å². The van der Waals surface area contributed by atoms with Crippen molar-refractivity contribution in [2.24, 2.45) is 10.8 Å². The van der Waals surface area contributed by atoms with Crippen LogP contribution in [0.2, 0.25) is 0 Å². The maximum absolute atomic E-state index is 4.36. The summed E-state index contributed by atoms with van der Waals surface area (Å²) in [6, 6.07) is 6.59. The first-order chi connectivity index (χ1) is 7.86. The number of anilines is 1. The Hall–Kier alpha value is -1.05. The zero-order valence-electron chi connectivity index (χ0n) is 11.5. The summed E-state index contributed by atoms with van der Waals surface area (Å²) in [4.78, 5) is 4.36. The fourth-order valence-corrected chi connectivity index (χ4v) is 3.61. The molecule has 0 amide bonds. The summed E-state index contributed by atoms with van der Waals surface area (Å²) in [5.41, 5.74) is 0.850. The first-order valence-electron chi connectivity index (χ1n) is 6.54. The molecule has 1 aromatic rings. The maximum Gasteiger partial charge on any atom is 0.126 e. The van der Waals surface area contributed by atoms with Crippen molar-refractivity contribution in [1.29, 1.82) is 0 Å². The fraction of sp³-hybridized carbons (Fsp3) is 0.667. The first-order valence-corrected chi connectivity index (χ1v) is 6.54. The summed E-state index contributed by atoms with van der Waals surface area (Å²) in [5.74, 6) is 1.01. The van der Waals surface area contributed by atoms with Gasteiger partial charge in [-0.15, -0.1) is 0 Å². The van der Waals surface area contributed by atoms with Gasteiger partial charge in [0.15, 0.2) is 0 Å². The summed E-state index contributed by atoms with van der Waals surface area (Å²) in [6.45, 7) is 9.50. The minimum absolute atomic E-state index is 0.425. The van der Waals surface area contributed by atoms with Crippen LogP contribution in [-0.4, -0.2) is 11.0 Å². The van der Waals surface area contributed by atoms with E-state index in [1.165, 1.54) is 19.3 Å². The molecule has 1 N–H and O–H groups in total. The van der Waals surface area contributed by atoms with Crippen LogP contribution in [-0.2, 0) is 0 Å². The van der Waals surface area contributed by atoms with Crippen LogP contribution in [0.1, 0.15) is 47.0 Å². The standard InChI is InChI=1S/C15H24N2/c1-14(2)9-12(10-15(3,4)11-14)17-13-7-5-6-8-16-13/h5-8,12H,9-11H2,1-4H3,(H,16,17). The van der Waals surface area contributed by atoms with Crippen molar-refractivity contribution in [3.05, 3.63) is 24.4 Å². The van der Waals surface area contributed by atoms with Gasteiger partial charge in [-0.25, -0.2) is 4.98 Å². The minimum Gasteiger partial charge on any atom is -0.367 e. The molecule has 1 aromatic heterocycles. The summed E-state index contributed by atoms with van der Waals surface area (Å²) in [6.07, 6.45) is 5.61. The van der Waals surface area contributed by atoms with Gasteiger partial charge in [-0.2, -0.15) is 0 Å². The van der Waals surface area contributed by atoms with E-state index in [0.29, 0.717) is 16.9 Å². The van der Waals surface area contributed by atoms with Crippen LogP contribution in [0, 0.1) is 10.8 Å². The molecular formula is C15H24N2. The van der Waals surface area contributed by atoms with E-state index in [1.807, 2.05) is 18.3 Å². The van der Waals surface area contributed by atoms with Crippen molar-refractivity contribution in [2.45, 2.75) is 53.0 Å². The molecule has 0 atom stereocenters.